The summed E-state index contributed by atoms with van der Waals surface area (Å²) >= 11 is 0. The van der Waals surface area contributed by atoms with Gasteiger partial charge in [-0.2, -0.15) is 0 Å². The number of carbonyl (C=O) groups excluding carboxylic acids is 1. The second-order valence-corrected chi connectivity index (χ2v) is 6.05. The number of amides is 1. The molecule has 4 heteroatoms. The van der Waals surface area contributed by atoms with Gasteiger partial charge in [0.2, 0.25) is 5.70 Å². The summed E-state index contributed by atoms with van der Waals surface area (Å²) in [4.78, 5) is 14.2. The van der Waals surface area contributed by atoms with Crippen LogP contribution in [0.3, 0.4) is 0 Å². The summed E-state index contributed by atoms with van der Waals surface area (Å²) in [5, 5.41) is 6.58. The molecule has 1 saturated heterocycles. The fourth-order valence-electron chi connectivity index (χ4n) is 3.41. The second-order valence-electron chi connectivity index (χ2n) is 6.05. The summed E-state index contributed by atoms with van der Waals surface area (Å²) in [6, 6.07) is 18.0. The number of benzene rings is 2. The molecule has 0 bridgehead atoms. The molecular weight excluding hydrogens is 286 g/mol. The molecule has 4 nitrogen and oxygen atoms in total. The van der Waals surface area contributed by atoms with Gasteiger partial charge in [-0.3, -0.25) is 9.69 Å². The number of hydrogen-bond donors (Lipinski definition) is 3. The van der Waals surface area contributed by atoms with Gasteiger partial charge in [0, 0.05) is 18.4 Å². The number of fused-ring (bicyclic) bond motifs is 1. The van der Waals surface area contributed by atoms with E-state index in [0.717, 1.165) is 41.4 Å². The molecule has 2 heterocycles. The zero-order valence-electron chi connectivity index (χ0n) is 12.9. The van der Waals surface area contributed by atoms with Crippen LogP contribution in [-0.2, 0) is 4.79 Å². The van der Waals surface area contributed by atoms with Gasteiger partial charge in [0.05, 0.1) is 24.5 Å². The van der Waals surface area contributed by atoms with E-state index in [2.05, 4.69) is 22.8 Å². The molecule has 2 aromatic rings. The van der Waals surface area contributed by atoms with Crippen molar-refractivity contribution in [3.8, 4) is 0 Å². The van der Waals surface area contributed by atoms with E-state index in [1.807, 2.05) is 42.5 Å². The molecule has 4 rings (SSSR count). The van der Waals surface area contributed by atoms with Crippen molar-refractivity contribution in [2.45, 2.75) is 12.8 Å². The van der Waals surface area contributed by atoms with Gasteiger partial charge in [-0.05, 0) is 12.1 Å². The Morgan fingerprint density at radius 3 is 2.09 bits per heavy atom. The van der Waals surface area contributed by atoms with Gasteiger partial charge in [0.15, 0.2) is 0 Å². The number of nitrogens with one attached hydrogen (secondary N) is 3. The molecule has 0 radical (unpaired) electrons. The average Bonchev–Trinajstić information content (AvgIpc) is 3.06. The molecule has 1 amide bonds. The van der Waals surface area contributed by atoms with Crippen LogP contribution in [0.4, 0.5) is 11.4 Å². The average molecular weight is 306 g/mol. The highest BCUT2D eigenvalue weighted by atomic mass is 16.2. The molecule has 2 aliphatic rings. The molecule has 3 N–H and O–H groups in total. The lowest BCUT2D eigenvalue weighted by Crippen LogP contribution is -3.09. The van der Waals surface area contributed by atoms with Gasteiger partial charge >= 0.3 is 5.91 Å². The summed E-state index contributed by atoms with van der Waals surface area (Å²) in [7, 11) is 0. The quantitative estimate of drug-likeness (QED) is 0.796. The molecular formula is C19H20N3O+. The number of rotatable bonds is 2. The van der Waals surface area contributed by atoms with E-state index in [-0.39, 0.29) is 5.91 Å². The first-order chi connectivity index (χ1) is 11.3. The van der Waals surface area contributed by atoms with Gasteiger partial charge < -0.3 is 10.6 Å². The van der Waals surface area contributed by atoms with Crippen LogP contribution in [0.5, 0.6) is 0 Å². The summed E-state index contributed by atoms with van der Waals surface area (Å²) in [5.74, 6) is -0.00166. The predicted octanol–water partition coefficient (Wildman–Crippen LogP) is 2.10. The maximum absolute atomic E-state index is 12.9. The fraction of sp³-hybridized carbons (Fsp3) is 0.211. The topological polar surface area (TPSA) is 45.6 Å². The predicted molar refractivity (Wildman–Crippen MR) is 92.0 cm³/mol. The van der Waals surface area contributed by atoms with Crippen LogP contribution in [0.1, 0.15) is 18.4 Å². The first-order valence-corrected chi connectivity index (χ1v) is 8.15. The lowest BCUT2D eigenvalue weighted by Gasteiger charge is -2.17. The summed E-state index contributed by atoms with van der Waals surface area (Å²) in [6.45, 7) is 2.02. The molecule has 0 aliphatic carbocycles. The molecule has 116 valence electrons. The van der Waals surface area contributed by atoms with Gasteiger partial charge in [-0.15, -0.1) is 0 Å². The normalized spacial score (nSPS) is 18.2. The maximum Gasteiger partial charge on any atom is 0.311 e. The third-order valence-corrected chi connectivity index (χ3v) is 4.54. The summed E-state index contributed by atoms with van der Waals surface area (Å²) < 4.78 is 0. The highest BCUT2D eigenvalue weighted by molar-refractivity contribution is 6.12. The highest BCUT2D eigenvalue weighted by Gasteiger charge is 2.33. The van der Waals surface area contributed by atoms with E-state index in [9.17, 15) is 4.79 Å². The largest absolute Gasteiger partial charge is 0.348 e. The zero-order valence-corrected chi connectivity index (χ0v) is 12.9. The van der Waals surface area contributed by atoms with Crippen LogP contribution >= 0.6 is 0 Å². The number of para-hydroxylation sites is 2. The fourth-order valence-corrected chi connectivity index (χ4v) is 3.41. The van der Waals surface area contributed by atoms with E-state index in [0.29, 0.717) is 0 Å². The maximum atomic E-state index is 12.9. The van der Waals surface area contributed by atoms with Crippen molar-refractivity contribution in [1.82, 2.24) is 0 Å². The van der Waals surface area contributed by atoms with Crippen LogP contribution in [0.15, 0.2) is 60.3 Å². The Labute approximate surface area is 135 Å². The number of quaternary nitrogens is 1. The Morgan fingerprint density at radius 2 is 1.39 bits per heavy atom. The lowest BCUT2D eigenvalue weighted by molar-refractivity contribution is -0.841. The van der Waals surface area contributed by atoms with Crippen molar-refractivity contribution in [1.29, 1.82) is 0 Å². The van der Waals surface area contributed by atoms with E-state index < -0.39 is 0 Å². The van der Waals surface area contributed by atoms with Gasteiger partial charge in [0.25, 0.3) is 0 Å². The van der Waals surface area contributed by atoms with Crippen molar-refractivity contribution < 1.29 is 9.69 Å². The van der Waals surface area contributed by atoms with Crippen molar-refractivity contribution >= 4 is 23.0 Å². The standard InChI is InChI=1S/C19H19N3O/c23-19-18(22-12-6-7-13-22)17(14-8-2-1-3-9-14)20-15-10-4-5-11-16(15)21-19/h1-5,8-11,20H,6-7,12-13H2,(H,21,23)/p+1. The van der Waals surface area contributed by atoms with Gasteiger partial charge in [-0.1, -0.05) is 42.5 Å². The lowest BCUT2D eigenvalue weighted by atomic mass is 10.1. The number of anilines is 2. The van der Waals surface area contributed by atoms with Crippen molar-refractivity contribution in [2.75, 3.05) is 23.7 Å². The Balaban J connectivity index is 1.87. The first kappa shape index (κ1) is 14.0. The first-order valence-electron chi connectivity index (χ1n) is 8.15. The molecule has 0 saturated carbocycles. The molecule has 2 aromatic carbocycles. The second kappa shape index (κ2) is 5.89. The van der Waals surface area contributed by atoms with Crippen LogP contribution in [-0.4, -0.2) is 19.0 Å². The monoisotopic (exact) mass is 306 g/mol. The Kier molecular flexibility index (Phi) is 3.60. The Bertz CT molecular complexity index is 761. The van der Waals surface area contributed by atoms with Crippen molar-refractivity contribution in [3.63, 3.8) is 0 Å². The number of carbonyl (C=O) groups is 1. The molecule has 23 heavy (non-hydrogen) atoms. The van der Waals surface area contributed by atoms with Crippen LogP contribution in [0, 0.1) is 0 Å². The summed E-state index contributed by atoms with van der Waals surface area (Å²) in [6.07, 6.45) is 2.34. The van der Waals surface area contributed by atoms with E-state index in [1.54, 1.807) is 0 Å². The Morgan fingerprint density at radius 1 is 0.783 bits per heavy atom. The van der Waals surface area contributed by atoms with Gasteiger partial charge in [0.1, 0.15) is 5.70 Å². The minimum Gasteiger partial charge on any atom is -0.348 e. The zero-order chi connectivity index (χ0) is 15.6. The third kappa shape index (κ3) is 2.62. The van der Waals surface area contributed by atoms with E-state index in [1.165, 1.54) is 17.7 Å². The molecule has 0 spiro atoms. The van der Waals surface area contributed by atoms with Crippen LogP contribution in [0.2, 0.25) is 0 Å². The third-order valence-electron chi connectivity index (χ3n) is 4.54. The number of hydrogen-bond acceptors (Lipinski definition) is 2. The molecule has 2 aliphatic heterocycles. The van der Waals surface area contributed by atoms with Gasteiger partial charge in [-0.25, -0.2) is 0 Å². The van der Waals surface area contributed by atoms with Crippen LogP contribution < -0.4 is 15.5 Å². The molecule has 1 fully saturated rings. The van der Waals surface area contributed by atoms with Crippen molar-refractivity contribution in [2.24, 2.45) is 0 Å². The Hall–Kier alpha value is -2.59. The van der Waals surface area contributed by atoms with E-state index in [4.69, 9.17) is 0 Å². The molecule has 0 aromatic heterocycles. The highest BCUT2D eigenvalue weighted by Crippen LogP contribution is 2.30. The minimum absolute atomic E-state index is 0.00166. The molecule has 0 atom stereocenters. The summed E-state index contributed by atoms with van der Waals surface area (Å²) in [5.41, 5.74) is 4.57. The smallest absolute Gasteiger partial charge is 0.311 e. The minimum atomic E-state index is -0.00166. The van der Waals surface area contributed by atoms with Crippen molar-refractivity contribution in [3.05, 3.63) is 65.9 Å². The molecule has 0 unspecified atom stereocenters. The van der Waals surface area contributed by atoms with Crippen LogP contribution in [0.25, 0.3) is 5.70 Å². The van der Waals surface area contributed by atoms with E-state index >= 15 is 0 Å². The SMILES string of the molecule is O=C1Nc2ccccc2NC(c2ccccc2)=C1[NH+]1CCCC1. The number of likely N-dealkylation sites (tertiary alicyclic amines) is 1.